The van der Waals surface area contributed by atoms with Gasteiger partial charge in [0.15, 0.2) is 5.76 Å². The lowest BCUT2D eigenvalue weighted by molar-refractivity contribution is 0.0714. The van der Waals surface area contributed by atoms with Gasteiger partial charge in [0.1, 0.15) is 11.6 Å². The highest BCUT2D eigenvalue weighted by Crippen LogP contribution is 2.18. The van der Waals surface area contributed by atoms with E-state index in [0.29, 0.717) is 55.8 Å². The van der Waals surface area contributed by atoms with Gasteiger partial charge in [-0.3, -0.25) is 4.79 Å². The fourth-order valence-electron chi connectivity index (χ4n) is 3.28. The maximum atomic E-state index is 13.8. The average molecular weight is 395 g/mol. The molecule has 0 bridgehead atoms. The molecule has 3 heterocycles. The molecular weight excluding hydrogens is 373 g/mol. The summed E-state index contributed by atoms with van der Waals surface area (Å²) in [5.41, 5.74) is 1.40. The Morgan fingerprint density at radius 2 is 1.93 bits per heavy atom. The minimum Gasteiger partial charge on any atom is -0.459 e. The molecule has 7 nitrogen and oxygen atoms in total. The number of halogens is 1. The second-order valence-electron chi connectivity index (χ2n) is 6.90. The van der Waals surface area contributed by atoms with Crippen molar-refractivity contribution < 1.29 is 13.6 Å². The molecule has 0 saturated carbocycles. The molecule has 1 aliphatic heterocycles. The van der Waals surface area contributed by atoms with Crippen LogP contribution in [0.5, 0.6) is 0 Å². The highest BCUT2D eigenvalue weighted by Gasteiger charge is 2.25. The highest BCUT2D eigenvalue weighted by atomic mass is 19.1. The van der Waals surface area contributed by atoms with Crippen LogP contribution in [0.3, 0.4) is 0 Å². The average Bonchev–Trinajstić information content (AvgIpc) is 3.27. The van der Waals surface area contributed by atoms with Crippen molar-refractivity contribution >= 4 is 17.7 Å². The van der Waals surface area contributed by atoms with Crippen molar-refractivity contribution in [3.05, 3.63) is 71.6 Å². The van der Waals surface area contributed by atoms with E-state index in [2.05, 4.69) is 15.3 Å². The van der Waals surface area contributed by atoms with Gasteiger partial charge in [0, 0.05) is 50.0 Å². The van der Waals surface area contributed by atoms with Crippen LogP contribution in [0.1, 0.15) is 21.8 Å². The largest absolute Gasteiger partial charge is 0.459 e. The van der Waals surface area contributed by atoms with Gasteiger partial charge in [0.2, 0.25) is 5.95 Å². The number of furan rings is 1. The quantitative estimate of drug-likeness (QED) is 0.716. The summed E-state index contributed by atoms with van der Waals surface area (Å²) in [6, 6.07) is 11.9. The van der Waals surface area contributed by atoms with Gasteiger partial charge in [-0.25, -0.2) is 9.37 Å². The van der Waals surface area contributed by atoms with Gasteiger partial charge < -0.3 is 19.5 Å². The van der Waals surface area contributed by atoms with Crippen molar-refractivity contribution in [1.82, 2.24) is 14.9 Å². The van der Waals surface area contributed by atoms with Crippen molar-refractivity contribution in [3.63, 3.8) is 0 Å². The lowest BCUT2D eigenvalue weighted by Gasteiger charge is -2.34. The van der Waals surface area contributed by atoms with Crippen LogP contribution in [-0.4, -0.2) is 47.0 Å². The van der Waals surface area contributed by atoms with E-state index in [1.54, 1.807) is 35.2 Å². The number of carbonyl (C=O) groups is 1. The van der Waals surface area contributed by atoms with Crippen LogP contribution in [0, 0.1) is 12.7 Å². The first-order valence-electron chi connectivity index (χ1n) is 9.51. The Bertz CT molecular complexity index is 984. The van der Waals surface area contributed by atoms with Gasteiger partial charge in [-0.05, 0) is 25.1 Å². The van der Waals surface area contributed by atoms with E-state index in [9.17, 15) is 9.18 Å². The Labute approximate surface area is 168 Å². The molecule has 4 rings (SSSR count). The Hall–Kier alpha value is -3.42. The van der Waals surface area contributed by atoms with Crippen LogP contribution in [0.4, 0.5) is 16.2 Å². The van der Waals surface area contributed by atoms with Crippen LogP contribution in [0.25, 0.3) is 0 Å². The molecule has 0 spiro atoms. The normalized spacial score (nSPS) is 14.1. The molecule has 29 heavy (non-hydrogen) atoms. The number of nitrogens with one attached hydrogen (secondary N) is 1. The molecule has 0 unspecified atom stereocenters. The molecule has 3 aromatic rings. The van der Waals surface area contributed by atoms with Crippen LogP contribution < -0.4 is 10.2 Å². The molecule has 8 heteroatoms. The Kier molecular flexibility index (Phi) is 5.41. The van der Waals surface area contributed by atoms with Gasteiger partial charge in [0.05, 0.1) is 6.26 Å². The number of hydrogen-bond donors (Lipinski definition) is 1. The fourth-order valence-corrected chi connectivity index (χ4v) is 3.28. The van der Waals surface area contributed by atoms with E-state index >= 15 is 0 Å². The van der Waals surface area contributed by atoms with E-state index < -0.39 is 0 Å². The van der Waals surface area contributed by atoms with Gasteiger partial charge in [0.25, 0.3) is 5.91 Å². The smallest absolute Gasteiger partial charge is 0.289 e. The Morgan fingerprint density at radius 3 is 2.66 bits per heavy atom. The van der Waals surface area contributed by atoms with E-state index in [4.69, 9.17) is 4.42 Å². The molecule has 1 aromatic carbocycles. The molecular formula is C21H22FN5O2. The molecule has 1 amide bonds. The summed E-state index contributed by atoms with van der Waals surface area (Å²) < 4.78 is 19.0. The maximum absolute atomic E-state index is 13.8. The third-order valence-corrected chi connectivity index (χ3v) is 4.84. The van der Waals surface area contributed by atoms with Crippen molar-refractivity contribution in [3.8, 4) is 0 Å². The number of aromatic nitrogens is 2. The topological polar surface area (TPSA) is 74.5 Å². The molecule has 0 aliphatic carbocycles. The zero-order valence-corrected chi connectivity index (χ0v) is 16.1. The van der Waals surface area contributed by atoms with Gasteiger partial charge in [-0.1, -0.05) is 18.2 Å². The molecule has 0 atom stereocenters. The first kappa shape index (κ1) is 18.9. The standard InChI is InChI=1S/C21H22FN5O2/c1-15-13-19(23-14-16-5-2-3-6-17(16)22)25-21(24-15)27-10-8-26(9-11-27)20(28)18-7-4-12-29-18/h2-7,12-13H,8-11,14H2,1H3,(H,23,24,25). The molecule has 0 radical (unpaired) electrons. The van der Waals surface area contributed by atoms with Crippen molar-refractivity contribution in [2.75, 3.05) is 36.4 Å². The number of nitrogens with zero attached hydrogens (tertiary/aromatic N) is 4. The monoisotopic (exact) mass is 395 g/mol. The van der Waals surface area contributed by atoms with Gasteiger partial charge in [-0.2, -0.15) is 4.98 Å². The number of rotatable bonds is 5. The predicted octanol–water partition coefficient (Wildman–Crippen LogP) is 3.09. The number of hydrogen-bond acceptors (Lipinski definition) is 6. The maximum Gasteiger partial charge on any atom is 0.289 e. The fraction of sp³-hybridized carbons (Fsp3) is 0.286. The van der Waals surface area contributed by atoms with Gasteiger partial charge >= 0.3 is 0 Å². The number of aryl methyl sites for hydroxylation is 1. The highest BCUT2D eigenvalue weighted by molar-refractivity contribution is 5.91. The number of benzene rings is 1. The number of piperazine rings is 1. The molecule has 1 saturated heterocycles. The summed E-state index contributed by atoms with van der Waals surface area (Å²) in [5.74, 6) is 1.25. The number of carbonyl (C=O) groups excluding carboxylic acids is 1. The lowest BCUT2D eigenvalue weighted by atomic mass is 10.2. The molecule has 1 aliphatic rings. The summed E-state index contributed by atoms with van der Waals surface area (Å²) >= 11 is 0. The molecule has 2 aromatic heterocycles. The minimum atomic E-state index is -0.247. The van der Waals surface area contributed by atoms with E-state index in [1.807, 2.05) is 17.9 Å². The van der Waals surface area contributed by atoms with Crippen LogP contribution in [0.15, 0.2) is 53.1 Å². The second-order valence-corrected chi connectivity index (χ2v) is 6.90. The predicted molar refractivity (Wildman–Crippen MR) is 107 cm³/mol. The molecule has 1 N–H and O–H groups in total. The molecule has 150 valence electrons. The summed E-state index contributed by atoms with van der Waals surface area (Å²) in [7, 11) is 0. The van der Waals surface area contributed by atoms with E-state index in [0.717, 1.165) is 5.69 Å². The second kappa shape index (κ2) is 8.30. The van der Waals surface area contributed by atoms with Crippen molar-refractivity contribution in [2.24, 2.45) is 0 Å². The first-order chi connectivity index (χ1) is 14.1. The van der Waals surface area contributed by atoms with E-state index in [-0.39, 0.29) is 11.7 Å². The Balaban J connectivity index is 1.40. The van der Waals surface area contributed by atoms with Gasteiger partial charge in [-0.15, -0.1) is 0 Å². The SMILES string of the molecule is Cc1cc(NCc2ccccc2F)nc(N2CCN(C(=O)c3ccco3)CC2)n1. The number of amides is 1. The van der Waals surface area contributed by atoms with Crippen molar-refractivity contribution in [2.45, 2.75) is 13.5 Å². The van der Waals surface area contributed by atoms with Crippen LogP contribution >= 0.6 is 0 Å². The lowest BCUT2D eigenvalue weighted by Crippen LogP contribution is -2.49. The van der Waals surface area contributed by atoms with Crippen LogP contribution in [-0.2, 0) is 6.54 Å². The Morgan fingerprint density at radius 1 is 1.14 bits per heavy atom. The number of anilines is 2. The van der Waals surface area contributed by atoms with E-state index in [1.165, 1.54) is 12.3 Å². The summed E-state index contributed by atoms with van der Waals surface area (Å²) in [6.45, 7) is 4.62. The van der Waals surface area contributed by atoms with Crippen LogP contribution in [0.2, 0.25) is 0 Å². The molecule has 1 fully saturated rings. The first-order valence-corrected chi connectivity index (χ1v) is 9.51. The summed E-state index contributed by atoms with van der Waals surface area (Å²) in [6.07, 6.45) is 1.50. The summed E-state index contributed by atoms with van der Waals surface area (Å²) in [5, 5.41) is 3.17. The third-order valence-electron chi connectivity index (χ3n) is 4.84. The summed E-state index contributed by atoms with van der Waals surface area (Å²) in [4.78, 5) is 25.3. The van der Waals surface area contributed by atoms with Crippen molar-refractivity contribution in [1.29, 1.82) is 0 Å². The minimum absolute atomic E-state index is 0.105. The third kappa shape index (κ3) is 4.37. The zero-order valence-electron chi connectivity index (χ0n) is 16.1. The zero-order chi connectivity index (χ0) is 20.2.